The molecule has 0 radical (unpaired) electrons. The van der Waals surface area contributed by atoms with Crippen molar-refractivity contribution in [3.63, 3.8) is 0 Å². The van der Waals surface area contributed by atoms with Crippen LogP contribution in [0.1, 0.15) is 22.3 Å². The second-order valence-corrected chi connectivity index (χ2v) is 20.1. The van der Waals surface area contributed by atoms with Crippen LogP contribution in [0.3, 0.4) is 0 Å². The molecule has 13 aromatic rings. The van der Waals surface area contributed by atoms with Crippen molar-refractivity contribution in [2.45, 2.75) is 15.2 Å². The molecular weight excluding hydrogens is 849 g/mol. The number of thiophene rings is 1. The minimum atomic E-state index is -0.510. The molecule has 2 aliphatic rings. The molecule has 1 spiro atoms. The van der Waals surface area contributed by atoms with E-state index >= 15 is 0 Å². The Bertz CT molecular complexity index is 4180. The topological polar surface area (TPSA) is 8.17 Å². The lowest BCUT2D eigenvalue weighted by molar-refractivity contribution is 0.707. The van der Waals surface area contributed by atoms with E-state index in [0.29, 0.717) is 0 Å². The van der Waals surface area contributed by atoms with Gasteiger partial charge in [-0.25, -0.2) is 0 Å². The van der Waals surface area contributed by atoms with Gasteiger partial charge in [0, 0.05) is 62.9 Å². The molecule has 0 unspecified atom stereocenters. The van der Waals surface area contributed by atoms with E-state index in [4.69, 9.17) is 0 Å². The molecule has 0 atom stereocenters. The molecule has 0 saturated heterocycles. The van der Waals surface area contributed by atoms with Crippen LogP contribution in [0.25, 0.3) is 80.3 Å². The SMILES string of the molecule is c1ccc2c(c1)Sc1ccccc1C21c2ccccc2-c2ccc(N(c3ccc4c(c3)c3ccccc3n4-c3ccc4sc5ccccc5c4c3)c3cccc4ccccc34)c3cccc1c23. The second-order valence-electron chi connectivity index (χ2n) is 17.9. The predicted molar refractivity (Wildman–Crippen MR) is 285 cm³/mol. The standard InChI is InChI=1S/C63H38N2S2/c1-2-17-42-39(15-1)16-13-27-54(42)64(40-31-34-57-48(37-40)44-19-4-9-26-55(44)65(57)41-32-36-59-49(38-41)45-20-5-10-28-58(45)66-59)56-35-33-46-43-18-3-6-22-50(43)63(53-25-14-21-47(56)62(46)53)51-23-7-11-29-60(51)67-61-30-12-8-24-52(61)63/h1-38H. The number of fused-ring (bicyclic) bond motifs is 15. The van der Waals surface area contributed by atoms with E-state index in [2.05, 4.69) is 240 Å². The van der Waals surface area contributed by atoms with Crippen LogP contribution in [-0.4, -0.2) is 4.57 Å². The maximum Gasteiger partial charge on any atom is 0.0735 e. The van der Waals surface area contributed by atoms with Crippen LogP contribution < -0.4 is 4.90 Å². The molecule has 11 aromatic carbocycles. The minimum absolute atomic E-state index is 0.510. The average molecular weight is 887 g/mol. The summed E-state index contributed by atoms with van der Waals surface area (Å²) >= 11 is 3.76. The van der Waals surface area contributed by atoms with Crippen molar-refractivity contribution in [1.29, 1.82) is 0 Å². The zero-order valence-electron chi connectivity index (χ0n) is 36.2. The van der Waals surface area contributed by atoms with Crippen LogP contribution in [0, 0.1) is 0 Å². The summed E-state index contributed by atoms with van der Waals surface area (Å²) in [5.41, 5.74) is 14.4. The summed E-state index contributed by atoms with van der Waals surface area (Å²) in [5.74, 6) is 0. The molecule has 4 heteroatoms. The fourth-order valence-corrected chi connectivity index (χ4v) is 14.2. The van der Waals surface area contributed by atoms with E-state index in [9.17, 15) is 0 Å². The summed E-state index contributed by atoms with van der Waals surface area (Å²) < 4.78 is 5.09. The van der Waals surface area contributed by atoms with Gasteiger partial charge in [-0.2, -0.15) is 0 Å². The third kappa shape index (κ3) is 5.12. The Morgan fingerprint density at radius 2 is 1.00 bits per heavy atom. The Hall–Kier alpha value is -7.89. The van der Waals surface area contributed by atoms with E-state index in [1.54, 1.807) is 0 Å². The second kappa shape index (κ2) is 14.1. The summed E-state index contributed by atoms with van der Waals surface area (Å²) in [6.07, 6.45) is 0. The first-order valence-corrected chi connectivity index (χ1v) is 24.6. The van der Waals surface area contributed by atoms with E-state index in [0.717, 1.165) is 17.1 Å². The van der Waals surface area contributed by atoms with Crippen LogP contribution in [0.4, 0.5) is 17.1 Å². The summed E-state index contributed by atoms with van der Waals surface area (Å²) in [7, 11) is 0. The van der Waals surface area contributed by atoms with Gasteiger partial charge in [-0.05, 0) is 117 Å². The van der Waals surface area contributed by atoms with Gasteiger partial charge in [0.25, 0.3) is 0 Å². The van der Waals surface area contributed by atoms with Gasteiger partial charge < -0.3 is 9.47 Å². The smallest absolute Gasteiger partial charge is 0.0735 e. The predicted octanol–water partition coefficient (Wildman–Crippen LogP) is 17.8. The van der Waals surface area contributed by atoms with Gasteiger partial charge in [-0.3, -0.25) is 0 Å². The molecule has 1 aliphatic carbocycles. The third-order valence-corrected chi connectivity index (χ3v) is 16.9. The molecule has 312 valence electrons. The number of benzene rings is 11. The molecule has 67 heavy (non-hydrogen) atoms. The highest BCUT2D eigenvalue weighted by Crippen LogP contribution is 2.62. The Labute approximate surface area is 395 Å². The van der Waals surface area contributed by atoms with E-state index in [1.807, 2.05) is 23.1 Å². The van der Waals surface area contributed by atoms with Gasteiger partial charge in [-0.15, -0.1) is 11.3 Å². The Morgan fingerprint density at radius 3 is 1.87 bits per heavy atom. The molecule has 2 aromatic heterocycles. The van der Waals surface area contributed by atoms with Crippen LogP contribution >= 0.6 is 23.1 Å². The number of rotatable bonds is 4. The van der Waals surface area contributed by atoms with Crippen molar-refractivity contribution in [3.8, 4) is 16.8 Å². The van der Waals surface area contributed by atoms with Crippen LogP contribution in [0.15, 0.2) is 240 Å². The van der Waals surface area contributed by atoms with Gasteiger partial charge in [0.05, 0.1) is 27.8 Å². The molecule has 2 nitrogen and oxygen atoms in total. The largest absolute Gasteiger partial charge is 0.309 e. The number of para-hydroxylation sites is 1. The maximum absolute atomic E-state index is 2.53. The fraction of sp³-hybridized carbons (Fsp3) is 0.0159. The van der Waals surface area contributed by atoms with Crippen LogP contribution in [0.5, 0.6) is 0 Å². The Morgan fingerprint density at radius 1 is 0.373 bits per heavy atom. The van der Waals surface area contributed by atoms with Gasteiger partial charge in [0.2, 0.25) is 0 Å². The lowest BCUT2D eigenvalue weighted by Gasteiger charge is -2.46. The highest BCUT2D eigenvalue weighted by Gasteiger charge is 2.48. The monoisotopic (exact) mass is 886 g/mol. The van der Waals surface area contributed by atoms with Gasteiger partial charge in [0.1, 0.15) is 0 Å². The molecule has 0 amide bonds. The third-order valence-electron chi connectivity index (χ3n) is 14.6. The van der Waals surface area contributed by atoms with Crippen molar-refractivity contribution in [2.24, 2.45) is 0 Å². The first-order chi connectivity index (χ1) is 33.2. The quantitative estimate of drug-likeness (QED) is 0.174. The van der Waals surface area contributed by atoms with Gasteiger partial charge in [0.15, 0.2) is 0 Å². The molecule has 0 fully saturated rings. The van der Waals surface area contributed by atoms with E-state index < -0.39 is 5.41 Å². The lowest BCUT2D eigenvalue weighted by atomic mass is 9.59. The minimum Gasteiger partial charge on any atom is -0.309 e. The van der Waals surface area contributed by atoms with Crippen molar-refractivity contribution in [2.75, 3.05) is 4.90 Å². The fourth-order valence-electron chi connectivity index (χ4n) is 11.9. The lowest BCUT2D eigenvalue weighted by Crippen LogP contribution is -2.36. The number of nitrogens with zero attached hydrogens (tertiary/aromatic N) is 2. The maximum atomic E-state index is 2.53. The first kappa shape index (κ1) is 37.3. The first-order valence-electron chi connectivity index (χ1n) is 23.0. The average Bonchev–Trinajstić information content (AvgIpc) is 3.93. The van der Waals surface area contributed by atoms with E-state index in [-0.39, 0.29) is 0 Å². The molecular formula is C63H38N2S2. The normalized spacial score (nSPS) is 13.4. The summed E-state index contributed by atoms with van der Waals surface area (Å²) in [5, 5.41) is 10.0. The molecule has 3 heterocycles. The Kier molecular flexibility index (Phi) is 7.84. The van der Waals surface area contributed by atoms with Crippen molar-refractivity contribution in [3.05, 3.63) is 253 Å². The summed E-state index contributed by atoms with van der Waals surface area (Å²) in [6.45, 7) is 0. The highest BCUT2D eigenvalue weighted by molar-refractivity contribution is 7.99. The van der Waals surface area contributed by atoms with Crippen molar-refractivity contribution >= 4 is 104 Å². The van der Waals surface area contributed by atoms with E-state index in [1.165, 1.54) is 112 Å². The number of anilines is 3. The molecule has 0 saturated carbocycles. The van der Waals surface area contributed by atoms with Crippen molar-refractivity contribution in [1.82, 2.24) is 4.57 Å². The molecule has 15 rings (SSSR count). The molecule has 0 N–H and O–H groups in total. The van der Waals surface area contributed by atoms with Gasteiger partial charge in [-0.1, -0.05) is 169 Å². The van der Waals surface area contributed by atoms with Crippen LogP contribution in [-0.2, 0) is 5.41 Å². The zero-order valence-corrected chi connectivity index (χ0v) is 37.8. The highest BCUT2D eigenvalue weighted by atomic mass is 32.2. The number of hydrogen-bond donors (Lipinski definition) is 0. The molecule has 1 aliphatic heterocycles. The summed E-state index contributed by atoms with van der Waals surface area (Å²) in [4.78, 5) is 5.15. The summed E-state index contributed by atoms with van der Waals surface area (Å²) in [6, 6.07) is 86.6. The molecule has 0 bridgehead atoms. The van der Waals surface area contributed by atoms with Crippen molar-refractivity contribution < 1.29 is 0 Å². The Balaban J connectivity index is 1.02. The number of hydrogen-bond acceptors (Lipinski definition) is 3. The van der Waals surface area contributed by atoms with Gasteiger partial charge >= 0.3 is 0 Å². The zero-order chi connectivity index (χ0) is 43.8. The van der Waals surface area contributed by atoms with Crippen LogP contribution in [0.2, 0.25) is 0 Å². The number of aromatic nitrogens is 1.